The number of benzene rings is 4. The van der Waals surface area contributed by atoms with Gasteiger partial charge in [-0.15, -0.1) is 0 Å². The number of fused-ring (bicyclic) bond motifs is 2. The molecule has 0 unspecified atom stereocenters. The van der Waals surface area contributed by atoms with Crippen LogP contribution in [-0.4, -0.2) is 40.0 Å². The molecule has 0 saturated carbocycles. The summed E-state index contributed by atoms with van der Waals surface area (Å²) >= 11 is 6.65. The number of carboxylic acids is 1. The van der Waals surface area contributed by atoms with Crippen molar-refractivity contribution < 1.29 is 23.1 Å². The van der Waals surface area contributed by atoms with Crippen LogP contribution in [0.1, 0.15) is 21.5 Å². The van der Waals surface area contributed by atoms with Crippen LogP contribution in [0.5, 0.6) is 0 Å². The number of aryl methyl sites for hydroxylation is 1. The number of hydrogen-bond donors (Lipinski definition) is 3. The van der Waals surface area contributed by atoms with E-state index in [1.54, 1.807) is 54.3 Å². The Labute approximate surface area is 289 Å². The van der Waals surface area contributed by atoms with Gasteiger partial charge in [0, 0.05) is 47.7 Å². The topological polar surface area (TPSA) is 163 Å². The smallest absolute Gasteiger partial charge is 0.359 e. The van der Waals surface area contributed by atoms with Gasteiger partial charge in [-0.05, 0) is 47.0 Å². The van der Waals surface area contributed by atoms with Gasteiger partial charge in [0.2, 0.25) is 5.95 Å². The van der Waals surface area contributed by atoms with Crippen LogP contribution in [0.25, 0.3) is 38.5 Å². The zero-order valence-electron chi connectivity index (χ0n) is 26.4. The number of carboxylic acid groups (broad SMARTS) is 1. The Morgan fingerprint density at radius 3 is 2.43 bits per heavy atom. The minimum absolute atomic E-state index is 0.0159. The fraction of sp³-hybridized carbons (Fsp3) is 0.0857. The van der Waals surface area contributed by atoms with Crippen molar-refractivity contribution in [3.05, 3.63) is 139 Å². The molecule has 0 amide bonds. The van der Waals surface area contributed by atoms with Crippen LogP contribution in [0.2, 0.25) is 5.02 Å². The van der Waals surface area contributed by atoms with E-state index < -0.39 is 41.3 Å². The Kier molecular flexibility index (Phi) is 8.36. The number of pyridine rings is 1. The third-order valence-electron chi connectivity index (χ3n) is 8.33. The number of nitrogens with zero attached hydrogens (tertiary/aromatic N) is 6. The lowest BCUT2D eigenvalue weighted by atomic mass is 9.97. The minimum atomic E-state index is -1.69. The molecule has 0 aliphatic rings. The number of anilines is 2. The Morgan fingerprint density at radius 1 is 1.02 bits per heavy atom. The summed E-state index contributed by atoms with van der Waals surface area (Å²) in [6.07, 6.45) is 4.52. The van der Waals surface area contributed by atoms with Gasteiger partial charge in [-0.25, -0.2) is 32.1 Å². The monoisotopic (exact) mass is 712 g/mol. The Balaban J connectivity index is 1.47. The average molecular weight is 713 g/mol. The number of hydrogen-bond acceptors (Lipinski definition) is 8. The van der Waals surface area contributed by atoms with Crippen molar-refractivity contribution >= 4 is 50.9 Å². The molecule has 0 saturated heterocycles. The molecule has 0 spiro atoms. The van der Waals surface area contributed by atoms with Gasteiger partial charge in [-0.1, -0.05) is 41.9 Å². The molecular formula is C35H24ClF3N8O4. The van der Waals surface area contributed by atoms with Gasteiger partial charge in [0.1, 0.15) is 0 Å². The molecular weight excluding hydrogens is 689 g/mol. The molecule has 0 aliphatic heterocycles. The lowest BCUT2D eigenvalue weighted by Crippen LogP contribution is -2.42. The molecule has 7 aromatic rings. The molecule has 0 bridgehead atoms. The molecule has 256 valence electrons. The third kappa shape index (κ3) is 5.87. The first-order valence-electron chi connectivity index (χ1n) is 15.1. The first-order chi connectivity index (χ1) is 24.4. The summed E-state index contributed by atoms with van der Waals surface area (Å²) in [6.45, 7) is -0.617. The van der Waals surface area contributed by atoms with Crippen LogP contribution >= 0.6 is 11.6 Å². The lowest BCUT2D eigenvalue weighted by molar-refractivity contribution is 0.0697. The predicted molar refractivity (Wildman–Crippen MR) is 184 cm³/mol. The van der Waals surface area contributed by atoms with E-state index in [0.29, 0.717) is 38.4 Å². The van der Waals surface area contributed by atoms with Gasteiger partial charge in [-0.2, -0.15) is 10.1 Å². The SMILES string of the molecule is Cn1cc2c(CN)c(Nc3nc(=O)n(-c4cncc5cccc(-c6ccc(C(=O)O)cc6)c45)c(=O)n3Cc3cc(F)c(F)c(F)c3)c(Cl)cc2n1. The molecule has 0 fully saturated rings. The van der Waals surface area contributed by atoms with Crippen molar-refractivity contribution in [2.45, 2.75) is 13.1 Å². The fourth-order valence-electron chi connectivity index (χ4n) is 6.01. The van der Waals surface area contributed by atoms with E-state index in [2.05, 4.69) is 20.4 Å². The summed E-state index contributed by atoms with van der Waals surface area (Å²) in [5.41, 5.74) is 6.30. The van der Waals surface area contributed by atoms with E-state index in [1.807, 2.05) is 0 Å². The van der Waals surface area contributed by atoms with Crippen molar-refractivity contribution in [2.75, 3.05) is 5.32 Å². The predicted octanol–water partition coefficient (Wildman–Crippen LogP) is 5.52. The third-order valence-corrected chi connectivity index (χ3v) is 8.63. The summed E-state index contributed by atoms with van der Waals surface area (Å²) in [4.78, 5) is 48.4. The standard InChI is InChI=1S/C35H24ClF3N8O4/c1-45-16-23-22(12-40)31(24(36)11-27(23)44-45)42-33-43-34(50)47(35(51)46(33)15-17-9-25(37)30(39)26(38)10-17)28-14-41-13-20-3-2-4-21(29(20)28)18-5-7-19(8-6-18)32(48)49/h2-11,13-14,16H,12,15,40H2,1H3,(H,48,49)(H,42,43,50). The molecule has 51 heavy (non-hydrogen) atoms. The largest absolute Gasteiger partial charge is 0.478 e. The van der Waals surface area contributed by atoms with Crippen LogP contribution in [0.3, 0.4) is 0 Å². The number of nitrogens with one attached hydrogen (secondary N) is 1. The van der Waals surface area contributed by atoms with Gasteiger partial charge in [0.05, 0.1) is 40.2 Å². The quantitative estimate of drug-likeness (QED) is 0.172. The average Bonchev–Trinajstić information content (AvgIpc) is 3.48. The number of aromatic nitrogens is 6. The van der Waals surface area contributed by atoms with Crippen LogP contribution in [0, 0.1) is 17.5 Å². The molecule has 0 atom stereocenters. The van der Waals surface area contributed by atoms with Crippen LogP contribution in [0.15, 0.2) is 88.8 Å². The Hall–Kier alpha value is -6.32. The van der Waals surface area contributed by atoms with Crippen molar-refractivity contribution in [1.82, 2.24) is 28.9 Å². The first kappa shape index (κ1) is 33.2. The number of rotatable bonds is 8. The van der Waals surface area contributed by atoms with E-state index in [1.165, 1.54) is 24.5 Å². The molecule has 12 nitrogen and oxygen atoms in total. The summed E-state index contributed by atoms with van der Waals surface area (Å²) in [6, 6.07) is 14.2. The van der Waals surface area contributed by atoms with E-state index >= 15 is 0 Å². The summed E-state index contributed by atoms with van der Waals surface area (Å²) in [5.74, 6) is -6.13. The lowest BCUT2D eigenvalue weighted by Gasteiger charge is -2.19. The molecule has 4 N–H and O–H groups in total. The van der Waals surface area contributed by atoms with E-state index in [9.17, 15) is 32.7 Å². The second kappa shape index (κ2) is 12.9. The highest BCUT2D eigenvalue weighted by molar-refractivity contribution is 6.34. The normalized spacial score (nSPS) is 11.4. The molecule has 16 heteroatoms. The van der Waals surface area contributed by atoms with E-state index in [0.717, 1.165) is 21.3 Å². The Bertz CT molecular complexity index is 2650. The highest BCUT2D eigenvalue weighted by atomic mass is 35.5. The van der Waals surface area contributed by atoms with Crippen molar-refractivity contribution in [3.8, 4) is 16.8 Å². The highest BCUT2D eigenvalue weighted by Gasteiger charge is 2.23. The van der Waals surface area contributed by atoms with Crippen LogP contribution < -0.4 is 22.4 Å². The van der Waals surface area contributed by atoms with Crippen molar-refractivity contribution in [2.24, 2.45) is 12.8 Å². The first-order valence-corrected chi connectivity index (χ1v) is 15.5. The maximum Gasteiger partial charge on any atom is 0.359 e. The second-order valence-corrected chi connectivity index (χ2v) is 11.9. The number of carbonyl (C=O) groups is 1. The van der Waals surface area contributed by atoms with Gasteiger partial charge < -0.3 is 16.2 Å². The highest BCUT2D eigenvalue weighted by Crippen LogP contribution is 2.35. The summed E-state index contributed by atoms with van der Waals surface area (Å²) in [5, 5.41) is 18.4. The molecule has 4 aromatic carbocycles. The van der Waals surface area contributed by atoms with Crippen LogP contribution in [-0.2, 0) is 20.1 Å². The van der Waals surface area contributed by atoms with E-state index in [-0.39, 0.29) is 40.0 Å². The molecule has 0 radical (unpaired) electrons. The number of halogens is 4. The second-order valence-electron chi connectivity index (χ2n) is 11.5. The maximum atomic E-state index is 14.5. The molecule has 0 aliphatic carbocycles. The Morgan fingerprint density at radius 2 is 1.75 bits per heavy atom. The van der Waals surface area contributed by atoms with Gasteiger partial charge in [-0.3, -0.25) is 14.2 Å². The van der Waals surface area contributed by atoms with Gasteiger partial charge in [0.15, 0.2) is 17.5 Å². The molecule has 7 rings (SSSR count). The van der Waals surface area contributed by atoms with Crippen molar-refractivity contribution in [1.29, 1.82) is 0 Å². The fourth-order valence-corrected chi connectivity index (χ4v) is 6.28. The van der Waals surface area contributed by atoms with Crippen molar-refractivity contribution in [3.63, 3.8) is 0 Å². The molecule has 3 aromatic heterocycles. The van der Waals surface area contributed by atoms with Gasteiger partial charge >= 0.3 is 17.3 Å². The number of nitrogens with two attached hydrogens (primary N) is 1. The van der Waals surface area contributed by atoms with Crippen LogP contribution in [0.4, 0.5) is 24.8 Å². The summed E-state index contributed by atoms with van der Waals surface area (Å²) < 4.78 is 45.9. The maximum absolute atomic E-state index is 14.5. The van der Waals surface area contributed by atoms with Gasteiger partial charge in [0.25, 0.3) is 0 Å². The van der Waals surface area contributed by atoms with E-state index in [4.69, 9.17) is 17.3 Å². The number of aromatic carboxylic acids is 1. The minimum Gasteiger partial charge on any atom is -0.478 e. The molecule has 3 heterocycles. The zero-order valence-corrected chi connectivity index (χ0v) is 27.1. The zero-order chi connectivity index (χ0) is 36.1. The summed E-state index contributed by atoms with van der Waals surface area (Å²) in [7, 11) is 1.71.